The zero-order valence-corrected chi connectivity index (χ0v) is 29.8. The minimum atomic E-state index is 0. The molecule has 0 bridgehead atoms. The third-order valence-corrected chi connectivity index (χ3v) is 9.41. The molecule has 0 spiro atoms. The monoisotopic (exact) mass is 726 g/mol. The van der Waals surface area contributed by atoms with Gasteiger partial charge >= 0.3 is 20.4 Å². The molecule has 0 saturated heterocycles. The molecular formula is C40H36N4OPdS. The van der Waals surface area contributed by atoms with Crippen molar-refractivity contribution >= 4 is 33.6 Å². The zero-order valence-electron chi connectivity index (χ0n) is 27.4. The molecule has 4 aromatic carbocycles. The predicted molar refractivity (Wildman–Crippen MR) is 190 cm³/mol. The third kappa shape index (κ3) is 5.93. The van der Waals surface area contributed by atoms with Crippen LogP contribution in [0.4, 0.5) is 0 Å². The van der Waals surface area contributed by atoms with E-state index in [0.717, 1.165) is 63.1 Å². The number of fused-ring (bicyclic) bond motifs is 3. The van der Waals surface area contributed by atoms with Crippen molar-refractivity contribution in [1.29, 1.82) is 0 Å². The van der Waals surface area contributed by atoms with Crippen molar-refractivity contribution in [2.75, 3.05) is 6.26 Å². The molecule has 0 fully saturated rings. The first-order chi connectivity index (χ1) is 22.4. The Morgan fingerprint density at radius 2 is 1.53 bits per heavy atom. The first kappa shape index (κ1) is 32.8. The van der Waals surface area contributed by atoms with Gasteiger partial charge in [-0.05, 0) is 104 Å². The summed E-state index contributed by atoms with van der Waals surface area (Å²) in [6, 6.07) is 34.2. The van der Waals surface area contributed by atoms with Gasteiger partial charge in [-0.2, -0.15) is 17.2 Å². The van der Waals surface area contributed by atoms with Crippen molar-refractivity contribution in [2.45, 2.75) is 52.4 Å². The fourth-order valence-corrected chi connectivity index (χ4v) is 7.04. The van der Waals surface area contributed by atoms with E-state index in [-0.39, 0.29) is 20.4 Å². The zero-order chi connectivity index (χ0) is 31.9. The molecule has 0 radical (unpaired) electrons. The van der Waals surface area contributed by atoms with Crippen LogP contribution in [-0.4, -0.2) is 25.6 Å². The topological polar surface area (TPSA) is 44.9 Å². The van der Waals surface area contributed by atoms with E-state index in [1.165, 1.54) is 27.1 Å². The number of aromatic nitrogens is 4. The Morgan fingerprint density at radius 3 is 2.26 bits per heavy atom. The number of hydrogen-bond acceptors (Lipinski definition) is 4. The SMILES string of the molecule is CCc1cc(SC)cc(CC)c1-c1c(C)nn(-c2[c-]c(Oc3[c-]c4c(cc3)c3ccccc3n4-c3cc(C)ccn3)ccc2)c1C.[Pd+2]. The molecule has 7 heteroatoms. The van der Waals surface area contributed by atoms with E-state index in [1.807, 2.05) is 41.2 Å². The Morgan fingerprint density at radius 1 is 0.787 bits per heavy atom. The van der Waals surface area contributed by atoms with E-state index in [4.69, 9.17) is 14.8 Å². The van der Waals surface area contributed by atoms with Crippen LogP contribution in [0.3, 0.4) is 0 Å². The molecular weight excluding hydrogens is 691 g/mol. The van der Waals surface area contributed by atoms with Gasteiger partial charge in [0.15, 0.2) is 0 Å². The van der Waals surface area contributed by atoms with E-state index in [2.05, 4.69) is 106 Å². The Bertz CT molecular complexity index is 2220. The number of benzene rings is 4. The summed E-state index contributed by atoms with van der Waals surface area (Å²) in [6.45, 7) is 10.8. The van der Waals surface area contributed by atoms with Gasteiger partial charge < -0.3 is 9.30 Å². The smallest absolute Gasteiger partial charge is 0.509 e. The summed E-state index contributed by atoms with van der Waals surface area (Å²) in [5, 5.41) is 7.27. The minimum Gasteiger partial charge on any atom is -0.509 e. The number of rotatable bonds is 8. The molecule has 7 rings (SSSR count). The van der Waals surface area contributed by atoms with Crippen molar-refractivity contribution in [1.82, 2.24) is 19.3 Å². The Kier molecular flexibility index (Phi) is 9.44. The number of hydrogen-bond donors (Lipinski definition) is 0. The first-order valence-electron chi connectivity index (χ1n) is 15.8. The second-order valence-electron chi connectivity index (χ2n) is 11.6. The second-order valence-corrected chi connectivity index (χ2v) is 12.5. The van der Waals surface area contributed by atoms with Crippen molar-refractivity contribution in [3.8, 4) is 34.1 Å². The van der Waals surface area contributed by atoms with Crippen LogP contribution in [0.2, 0.25) is 0 Å². The maximum absolute atomic E-state index is 6.43. The molecule has 47 heavy (non-hydrogen) atoms. The van der Waals surface area contributed by atoms with Crippen LogP contribution in [0.1, 0.15) is 41.9 Å². The van der Waals surface area contributed by atoms with Crippen LogP contribution < -0.4 is 4.74 Å². The number of pyridine rings is 1. The van der Waals surface area contributed by atoms with Crippen LogP contribution in [0, 0.1) is 32.9 Å². The number of ether oxygens (including phenoxy) is 1. The molecule has 0 N–H and O–H groups in total. The van der Waals surface area contributed by atoms with E-state index >= 15 is 0 Å². The summed E-state index contributed by atoms with van der Waals surface area (Å²) in [6.07, 6.45) is 5.93. The molecule has 238 valence electrons. The number of aryl methyl sites for hydroxylation is 4. The summed E-state index contributed by atoms with van der Waals surface area (Å²) in [7, 11) is 0. The van der Waals surface area contributed by atoms with Gasteiger partial charge in [0, 0.05) is 39.4 Å². The van der Waals surface area contributed by atoms with Crippen LogP contribution in [0.5, 0.6) is 11.5 Å². The largest absolute Gasteiger partial charge is 2.00 e. The normalized spacial score (nSPS) is 11.3. The van der Waals surface area contributed by atoms with E-state index in [0.29, 0.717) is 11.5 Å². The van der Waals surface area contributed by atoms with Crippen molar-refractivity contribution in [2.24, 2.45) is 0 Å². The van der Waals surface area contributed by atoms with E-state index in [9.17, 15) is 0 Å². The molecule has 0 aliphatic carbocycles. The van der Waals surface area contributed by atoms with Crippen LogP contribution in [0.25, 0.3) is 44.4 Å². The van der Waals surface area contributed by atoms with Gasteiger partial charge in [-0.1, -0.05) is 37.6 Å². The standard InChI is InChI=1S/C40H36N4OS.Pd/c1-7-28-21-33(46-6)22-29(8-2)40(28)39-26(4)42-44(27(39)5)30-12-11-13-31(23-30)45-32-16-17-35-34-14-9-10-15-36(34)43(37(35)24-32)38-20-25(3)18-19-41-38;/h9-22H,7-8H2,1-6H3;/q-2;+2. The Balaban J connectivity index is 0.00000386. The maximum Gasteiger partial charge on any atom is 2.00 e. The fourth-order valence-electron chi connectivity index (χ4n) is 6.52. The predicted octanol–water partition coefficient (Wildman–Crippen LogP) is 10.2. The summed E-state index contributed by atoms with van der Waals surface area (Å²) in [4.78, 5) is 6.00. The summed E-state index contributed by atoms with van der Waals surface area (Å²) in [5.41, 5.74) is 11.3. The summed E-state index contributed by atoms with van der Waals surface area (Å²) in [5.74, 6) is 2.07. The van der Waals surface area contributed by atoms with Crippen molar-refractivity contribution < 1.29 is 25.2 Å². The van der Waals surface area contributed by atoms with E-state index < -0.39 is 0 Å². The van der Waals surface area contributed by atoms with Gasteiger partial charge in [0.05, 0.1) is 5.69 Å². The molecule has 3 heterocycles. The average molecular weight is 727 g/mol. The van der Waals surface area contributed by atoms with Gasteiger partial charge in [-0.3, -0.25) is 4.68 Å². The molecule has 0 aliphatic heterocycles. The van der Waals surface area contributed by atoms with Gasteiger partial charge in [0.25, 0.3) is 0 Å². The first-order valence-corrected chi connectivity index (χ1v) is 17.0. The average Bonchev–Trinajstić information content (AvgIpc) is 3.56. The van der Waals surface area contributed by atoms with Crippen molar-refractivity contribution in [3.05, 3.63) is 125 Å². The number of nitrogens with zero attached hydrogens (tertiary/aromatic N) is 4. The number of para-hydroxylation sites is 1. The molecule has 0 saturated carbocycles. The number of thioether (sulfide) groups is 1. The molecule has 0 unspecified atom stereocenters. The minimum absolute atomic E-state index is 0. The van der Waals surface area contributed by atoms with Crippen LogP contribution in [-0.2, 0) is 33.3 Å². The molecule has 0 aliphatic rings. The quantitative estimate of drug-likeness (QED) is 0.0889. The van der Waals surface area contributed by atoms with Crippen LogP contribution >= 0.6 is 11.8 Å². The third-order valence-electron chi connectivity index (χ3n) is 8.70. The van der Waals surface area contributed by atoms with Gasteiger partial charge in [-0.25, -0.2) is 4.98 Å². The Hall–Kier alpha value is -4.15. The molecule has 7 aromatic rings. The molecule has 0 atom stereocenters. The Labute approximate surface area is 294 Å². The maximum atomic E-state index is 6.43. The summed E-state index contributed by atoms with van der Waals surface area (Å²) >= 11 is 1.80. The second kappa shape index (κ2) is 13.5. The molecule has 5 nitrogen and oxygen atoms in total. The van der Waals surface area contributed by atoms with Crippen LogP contribution in [0.15, 0.2) is 90.0 Å². The summed E-state index contributed by atoms with van der Waals surface area (Å²) < 4.78 is 10.6. The van der Waals surface area contributed by atoms with E-state index in [1.54, 1.807) is 11.8 Å². The van der Waals surface area contributed by atoms with Crippen molar-refractivity contribution in [3.63, 3.8) is 0 Å². The van der Waals surface area contributed by atoms with Gasteiger partial charge in [0.1, 0.15) is 5.82 Å². The fraction of sp³-hybridized carbons (Fsp3) is 0.200. The molecule has 3 aromatic heterocycles. The van der Waals surface area contributed by atoms with Gasteiger partial charge in [0.2, 0.25) is 0 Å². The van der Waals surface area contributed by atoms with Gasteiger partial charge in [-0.15, -0.1) is 47.5 Å². The molecule has 0 amide bonds.